The van der Waals surface area contributed by atoms with Crippen LogP contribution in [0.5, 0.6) is 5.75 Å². The number of hydrogen-bond acceptors (Lipinski definition) is 4. The van der Waals surface area contributed by atoms with Gasteiger partial charge in [0.15, 0.2) is 0 Å². The van der Waals surface area contributed by atoms with Gasteiger partial charge in [-0.2, -0.15) is 0 Å². The number of nitrogens with zero attached hydrogens (tertiary/aromatic N) is 1. The predicted octanol–water partition coefficient (Wildman–Crippen LogP) is 2.77. The van der Waals surface area contributed by atoms with Crippen LogP contribution in [0.15, 0.2) is 18.2 Å². The SMILES string of the molecule is Cc1nc2cc(OC(C)C3CO3)ccc2s1. The topological polar surface area (TPSA) is 34.6 Å². The average molecular weight is 235 g/mol. The van der Waals surface area contributed by atoms with E-state index < -0.39 is 0 Å². The number of benzene rings is 1. The van der Waals surface area contributed by atoms with Crippen molar-refractivity contribution in [2.45, 2.75) is 26.1 Å². The molecule has 0 radical (unpaired) electrons. The summed E-state index contributed by atoms with van der Waals surface area (Å²) in [5.74, 6) is 0.876. The summed E-state index contributed by atoms with van der Waals surface area (Å²) in [6.07, 6.45) is 0.394. The lowest BCUT2D eigenvalue weighted by Crippen LogP contribution is -2.18. The first-order chi connectivity index (χ1) is 7.72. The zero-order valence-corrected chi connectivity index (χ0v) is 10.1. The Balaban J connectivity index is 1.86. The van der Waals surface area contributed by atoms with Crippen LogP contribution in [0.3, 0.4) is 0 Å². The zero-order chi connectivity index (χ0) is 11.1. The van der Waals surface area contributed by atoms with Crippen molar-refractivity contribution in [2.75, 3.05) is 6.61 Å². The van der Waals surface area contributed by atoms with E-state index in [1.165, 1.54) is 4.70 Å². The molecule has 84 valence electrons. The first-order valence-electron chi connectivity index (χ1n) is 5.38. The molecule has 2 heterocycles. The largest absolute Gasteiger partial charge is 0.488 e. The van der Waals surface area contributed by atoms with Crippen LogP contribution in [0.1, 0.15) is 11.9 Å². The Kier molecular flexibility index (Phi) is 2.33. The van der Waals surface area contributed by atoms with Gasteiger partial charge in [-0.1, -0.05) is 0 Å². The van der Waals surface area contributed by atoms with Crippen molar-refractivity contribution in [2.24, 2.45) is 0 Å². The Hall–Kier alpha value is -1.13. The maximum atomic E-state index is 5.80. The Morgan fingerprint density at radius 3 is 3.12 bits per heavy atom. The van der Waals surface area contributed by atoms with Gasteiger partial charge in [0.05, 0.1) is 21.8 Å². The lowest BCUT2D eigenvalue weighted by Gasteiger charge is -2.11. The van der Waals surface area contributed by atoms with E-state index in [-0.39, 0.29) is 12.2 Å². The van der Waals surface area contributed by atoms with Gasteiger partial charge in [0, 0.05) is 6.07 Å². The molecule has 2 unspecified atom stereocenters. The van der Waals surface area contributed by atoms with Crippen molar-refractivity contribution in [1.29, 1.82) is 0 Å². The molecule has 16 heavy (non-hydrogen) atoms. The zero-order valence-electron chi connectivity index (χ0n) is 9.27. The molecule has 1 aliphatic rings. The van der Waals surface area contributed by atoms with Crippen LogP contribution in [0.25, 0.3) is 10.2 Å². The maximum absolute atomic E-state index is 5.80. The summed E-state index contributed by atoms with van der Waals surface area (Å²) in [7, 11) is 0. The van der Waals surface area contributed by atoms with Gasteiger partial charge in [0.25, 0.3) is 0 Å². The molecule has 4 heteroatoms. The molecule has 0 spiro atoms. The highest BCUT2D eigenvalue weighted by atomic mass is 32.1. The Morgan fingerprint density at radius 1 is 1.56 bits per heavy atom. The van der Waals surface area contributed by atoms with Crippen molar-refractivity contribution < 1.29 is 9.47 Å². The monoisotopic (exact) mass is 235 g/mol. The molecule has 0 N–H and O–H groups in total. The number of fused-ring (bicyclic) bond motifs is 1. The third kappa shape index (κ3) is 1.90. The summed E-state index contributed by atoms with van der Waals surface area (Å²) in [5.41, 5.74) is 1.02. The van der Waals surface area contributed by atoms with E-state index in [4.69, 9.17) is 9.47 Å². The van der Waals surface area contributed by atoms with Gasteiger partial charge in [0.1, 0.15) is 18.0 Å². The van der Waals surface area contributed by atoms with Crippen LogP contribution < -0.4 is 4.74 Å². The van der Waals surface area contributed by atoms with Crippen molar-refractivity contribution in [3.8, 4) is 5.75 Å². The number of rotatable bonds is 3. The fraction of sp³-hybridized carbons (Fsp3) is 0.417. The van der Waals surface area contributed by atoms with Gasteiger partial charge in [0.2, 0.25) is 0 Å². The third-order valence-corrected chi connectivity index (χ3v) is 3.62. The second-order valence-electron chi connectivity index (χ2n) is 4.06. The summed E-state index contributed by atoms with van der Waals surface area (Å²) < 4.78 is 12.2. The second kappa shape index (κ2) is 3.71. The molecule has 2 aromatic rings. The van der Waals surface area contributed by atoms with Crippen LogP contribution in [0, 0.1) is 6.92 Å². The van der Waals surface area contributed by atoms with E-state index in [0.29, 0.717) is 0 Å². The van der Waals surface area contributed by atoms with Gasteiger partial charge < -0.3 is 9.47 Å². The second-order valence-corrected chi connectivity index (χ2v) is 5.29. The molecule has 0 bridgehead atoms. The Morgan fingerprint density at radius 2 is 2.38 bits per heavy atom. The van der Waals surface area contributed by atoms with E-state index in [2.05, 4.69) is 11.1 Å². The van der Waals surface area contributed by atoms with Crippen LogP contribution in [0.2, 0.25) is 0 Å². The number of aryl methyl sites for hydroxylation is 1. The van der Waals surface area contributed by atoms with E-state index in [1.54, 1.807) is 11.3 Å². The standard InChI is InChI=1S/C12H13NO2S/c1-7(11-6-14-11)15-9-3-4-12-10(5-9)13-8(2)16-12/h3-5,7,11H,6H2,1-2H3. The number of thiazole rings is 1. The number of epoxide rings is 1. The van der Waals surface area contributed by atoms with E-state index in [0.717, 1.165) is 22.9 Å². The molecule has 1 aromatic heterocycles. The van der Waals surface area contributed by atoms with E-state index in [9.17, 15) is 0 Å². The Bertz CT molecular complexity index is 519. The van der Waals surface area contributed by atoms with Crippen molar-refractivity contribution >= 4 is 21.6 Å². The highest BCUT2D eigenvalue weighted by molar-refractivity contribution is 7.18. The van der Waals surface area contributed by atoms with Gasteiger partial charge in [-0.15, -0.1) is 11.3 Å². The molecule has 1 aliphatic heterocycles. The minimum Gasteiger partial charge on any atom is -0.488 e. The fourth-order valence-corrected chi connectivity index (χ4v) is 2.52. The summed E-state index contributed by atoms with van der Waals surface area (Å²) in [6, 6.07) is 6.06. The summed E-state index contributed by atoms with van der Waals surface area (Å²) >= 11 is 1.71. The first kappa shape index (κ1) is 10.1. The van der Waals surface area contributed by atoms with Crippen molar-refractivity contribution in [3.63, 3.8) is 0 Å². The summed E-state index contributed by atoms with van der Waals surface area (Å²) in [4.78, 5) is 4.45. The normalized spacial score (nSPS) is 21.0. The van der Waals surface area contributed by atoms with Gasteiger partial charge in [-0.3, -0.25) is 0 Å². The molecule has 1 aromatic carbocycles. The van der Waals surface area contributed by atoms with Crippen LogP contribution in [-0.4, -0.2) is 23.8 Å². The summed E-state index contributed by atoms with van der Waals surface area (Å²) in [5, 5.41) is 1.09. The molecule has 0 saturated carbocycles. The fourth-order valence-electron chi connectivity index (χ4n) is 1.71. The average Bonchev–Trinajstić information content (AvgIpc) is 3.01. The number of ether oxygens (including phenoxy) is 2. The van der Waals surface area contributed by atoms with Gasteiger partial charge >= 0.3 is 0 Å². The van der Waals surface area contributed by atoms with Crippen molar-refractivity contribution in [3.05, 3.63) is 23.2 Å². The van der Waals surface area contributed by atoms with Crippen LogP contribution in [0.4, 0.5) is 0 Å². The lowest BCUT2D eigenvalue weighted by molar-refractivity contribution is 0.176. The van der Waals surface area contributed by atoms with E-state index >= 15 is 0 Å². The minimum absolute atomic E-state index is 0.122. The molecule has 0 amide bonds. The smallest absolute Gasteiger partial charge is 0.124 e. The molecule has 0 aliphatic carbocycles. The predicted molar refractivity (Wildman–Crippen MR) is 64.2 cm³/mol. The number of hydrogen-bond donors (Lipinski definition) is 0. The quantitative estimate of drug-likeness (QED) is 0.767. The Labute approximate surface area is 98.0 Å². The van der Waals surface area contributed by atoms with E-state index in [1.807, 2.05) is 26.0 Å². The highest BCUT2D eigenvalue weighted by Gasteiger charge is 2.31. The van der Waals surface area contributed by atoms with Crippen LogP contribution >= 0.6 is 11.3 Å². The van der Waals surface area contributed by atoms with Gasteiger partial charge in [-0.05, 0) is 26.0 Å². The molecule has 1 saturated heterocycles. The molecule has 3 nitrogen and oxygen atoms in total. The van der Waals surface area contributed by atoms with Gasteiger partial charge in [-0.25, -0.2) is 4.98 Å². The summed E-state index contributed by atoms with van der Waals surface area (Å²) in [6.45, 7) is 4.87. The molecular weight excluding hydrogens is 222 g/mol. The molecule has 1 fully saturated rings. The molecular formula is C12H13NO2S. The van der Waals surface area contributed by atoms with Crippen molar-refractivity contribution in [1.82, 2.24) is 4.98 Å². The molecule has 2 atom stereocenters. The maximum Gasteiger partial charge on any atom is 0.124 e. The first-order valence-corrected chi connectivity index (χ1v) is 6.19. The molecule has 3 rings (SSSR count). The minimum atomic E-state index is 0.122. The lowest BCUT2D eigenvalue weighted by atomic mass is 10.3. The third-order valence-electron chi connectivity index (χ3n) is 2.67. The van der Waals surface area contributed by atoms with Crippen LogP contribution in [-0.2, 0) is 4.74 Å². The highest BCUT2D eigenvalue weighted by Crippen LogP contribution is 2.27. The number of aromatic nitrogens is 1.